The quantitative estimate of drug-likeness (QED) is 0.602. The second-order valence-electron chi connectivity index (χ2n) is 8.49. The molecule has 5 rings (SSSR count). The van der Waals surface area contributed by atoms with E-state index in [-0.39, 0.29) is 18.5 Å². The number of halogens is 1. The molecular formula is C24H25ClN6O. The topological polar surface area (TPSA) is 67.2 Å². The van der Waals surface area contributed by atoms with Gasteiger partial charge in [0.05, 0.1) is 5.70 Å². The number of hydrogen-bond donors (Lipinski definition) is 0. The van der Waals surface area contributed by atoms with Gasteiger partial charge in [0.25, 0.3) is 5.95 Å². The molecule has 164 valence electrons. The minimum atomic E-state index is -0.172. The van der Waals surface area contributed by atoms with Crippen LogP contribution in [0.4, 0.5) is 5.95 Å². The molecule has 1 amide bonds. The highest BCUT2D eigenvalue weighted by Gasteiger charge is 2.33. The molecule has 3 aromatic rings. The van der Waals surface area contributed by atoms with Crippen LogP contribution < -0.4 is 4.90 Å². The summed E-state index contributed by atoms with van der Waals surface area (Å²) in [7, 11) is 0. The maximum atomic E-state index is 13.2. The van der Waals surface area contributed by atoms with Crippen LogP contribution in [0.3, 0.4) is 0 Å². The first kappa shape index (κ1) is 20.7. The minimum Gasteiger partial charge on any atom is -0.341 e. The molecule has 0 aliphatic carbocycles. The molecule has 2 aliphatic rings. The molecule has 8 heteroatoms. The molecule has 1 saturated heterocycles. The number of amides is 1. The van der Waals surface area contributed by atoms with Crippen LogP contribution in [-0.2, 0) is 4.79 Å². The lowest BCUT2D eigenvalue weighted by molar-refractivity contribution is -0.130. The number of fused-ring (bicyclic) bond motifs is 1. The van der Waals surface area contributed by atoms with Crippen molar-refractivity contribution in [3.8, 4) is 0 Å². The third-order valence-electron chi connectivity index (χ3n) is 6.30. The summed E-state index contributed by atoms with van der Waals surface area (Å²) in [5.41, 5.74) is 2.93. The Balaban J connectivity index is 1.53. The fraction of sp³-hybridized carbons (Fsp3) is 0.333. The van der Waals surface area contributed by atoms with Crippen molar-refractivity contribution in [2.24, 2.45) is 5.92 Å². The Hall–Kier alpha value is -3.19. The van der Waals surface area contributed by atoms with Gasteiger partial charge in [0.1, 0.15) is 12.6 Å². The van der Waals surface area contributed by atoms with Gasteiger partial charge >= 0.3 is 0 Å². The maximum Gasteiger partial charge on any atom is 0.251 e. The number of benzene rings is 2. The number of piperidine rings is 1. The highest BCUT2D eigenvalue weighted by atomic mass is 35.5. The summed E-state index contributed by atoms with van der Waals surface area (Å²) in [6.07, 6.45) is 4.20. The Morgan fingerprint density at radius 1 is 1.06 bits per heavy atom. The number of aromatic nitrogens is 4. The van der Waals surface area contributed by atoms with Crippen LogP contribution >= 0.6 is 11.6 Å². The van der Waals surface area contributed by atoms with Crippen LogP contribution in [0.25, 0.3) is 5.70 Å². The van der Waals surface area contributed by atoms with Gasteiger partial charge in [0.15, 0.2) is 0 Å². The van der Waals surface area contributed by atoms with E-state index in [0.717, 1.165) is 42.8 Å². The number of rotatable bonds is 4. The smallest absolute Gasteiger partial charge is 0.251 e. The Kier molecular flexibility index (Phi) is 5.66. The highest BCUT2D eigenvalue weighted by Crippen LogP contribution is 2.36. The van der Waals surface area contributed by atoms with Crippen molar-refractivity contribution in [3.05, 3.63) is 76.8 Å². The Bertz CT molecular complexity index is 1120. The largest absolute Gasteiger partial charge is 0.341 e. The lowest BCUT2D eigenvalue weighted by Crippen LogP contribution is -2.45. The predicted molar refractivity (Wildman–Crippen MR) is 124 cm³/mol. The lowest BCUT2D eigenvalue weighted by Gasteiger charge is -2.35. The summed E-state index contributed by atoms with van der Waals surface area (Å²) in [5.74, 6) is 1.31. The van der Waals surface area contributed by atoms with Crippen molar-refractivity contribution in [3.63, 3.8) is 0 Å². The highest BCUT2D eigenvalue weighted by molar-refractivity contribution is 6.30. The maximum absolute atomic E-state index is 13.2. The number of nitrogens with zero attached hydrogens (tertiary/aromatic N) is 6. The Morgan fingerprint density at radius 2 is 1.78 bits per heavy atom. The lowest BCUT2D eigenvalue weighted by atomic mass is 9.99. The number of allylic oxidation sites excluding steroid dienone is 1. The fourth-order valence-electron chi connectivity index (χ4n) is 4.37. The summed E-state index contributed by atoms with van der Waals surface area (Å²) in [5, 5.41) is 13.2. The van der Waals surface area contributed by atoms with Gasteiger partial charge in [-0.15, -0.1) is 0 Å². The summed E-state index contributed by atoms with van der Waals surface area (Å²) < 4.78 is 1.78. The van der Waals surface area contributed by atoms with Gasteiger partial charge in [-0.05, 0) is 58.5 Å². The first-order chi connectivity index (χ1) is 15.6. The van der Waals surface area contributed by atoms with Crippen molar-refractivity contribution < 1.29 is 4.79 Å². The van der Waals surface area contributed by atoms with E-state index in [9.17, 15) is 4.79 Å². The third-order valence-corrected chi connectivity index (χ3v) is 6.55. The van der Waals surface area contributed by atoms with E-state index in [1.165, 1.54) is 0 Å². The molecule has 2 aromatic carbocycles. The van der Waals surface area contributed by atoms with E-state index in [1.54, 1.807) is 4.68 Å². The summed E-state index contributed by atoms with van der Waals surface area (Å²) in [4.78, 5) is 17.1. The minimum absolute atomic E-state index is 0.0875. The SMILES string of the molecule is CC1CCN(C(=O)CN2C(c3ccc(Cl)cc3)=CC(c3ccccc3)n3nnnc32)CC1. The predicted octanol–water partition coefficient (Wildman–Crippen LogP) is 4.04. The number of anilines is 1. The van der Waals surface area contributed by atoms with Crippen molar-refractivity contribution >= 4 is 29.2 Å². The van der Waals surface area contributed by atoms with E-state index >= 15 is 0 Å². The molecule has 0 bridgehead atoms. The van der Waals surface area contributed by atoms with E-state index in [4.69, 9.17) is 11.6 Å². The Labute approximate surface area is 192 Å². The third kappa shape index (κ3) is 4.00. The van der Waals surface area contributed by atoms with Crippen molar-refractivity contribution in [2.45, 2.75) is 25.8 Å². The van der Waals surface area contributed by atoms with Crippen LogP contribution in [0, 0.1) is 5.92 Å². The molecule has 1 aromatic heterocycles. The van der Waals surface area contributed by atoms with Gasteiger partial charge in [-0.1, -0.05) is 66.1 Å². The van der Waals surface area contributed by atoms with Crippen molar-refractivity contribution in [2.75, 3.05) is 24.5 Å². The zero-order chi connectivity index (χ0) is 22.1. The van der Waals surface area contributed by atoms with Gasteiger partial charge in [-0.3, -0.25) is 9.69 Å². The Morgan fingerprint density at radius 3 is 2.50 bits per heavy atom. The van der Waals surface area contributed by atoms with Crippen molar-refractivity contribution in [1.82, 2.24) is 25.1 Å². The standard InChI is InChI=1S/C24H25ClN6O/c1-17-11-13-29(14-12-17)23(32)16-30-21(19-7-9-20(25)10-8-19)15-22(18-5-3-2-4-6-18)31-24(30)26-27-28-31/h2-10,15,17,22H,11-14,16H2,1H3. The molecule has 1 unspecified atom stereocenters. The second-order valence-corrected chi connectivity index (χ2v) is 8.92. The average Bonchev–Trinajstić information content (AvgIpc) is 3.31. The van der Waals surface area contributed by atoms with E-state index in [0.29, 0.717) is 16.9 Å². The molecule has 7 nitrogen and oxygen atoms in total. The zero-order valence-electron chi connectivity index (χ0n) is 17.9. The number of tetrazole rings is 1. The summed E-state index contributed by atoms with van der Waals surface area (Å²) in [6, 6.07) is 17.6. The van der Waals surface area contributed by atoms with E-state index in [1.807, 2.05) is 52.3 Å². The number of carbonyl (C=O) groups excluding carboxylic acids is 1. The zero-order valence-corrected chi connectivity index (χ0v) is 18.7. The average molecular weight is 449 g/mol. The molecule has 0 radical (unpaired) electrons. The van der Waals surface area contributed by atoms with Gasteiger partial charge in [0.2, 0.25) is 5.91 Å². The summed E-state index contributed by atoms with van der Waals surface area (Å²) in [6.45, 7) is 4.02. The first-order valence-corrected chi connectivity index (χ1v) is 11.3. The molecule has 0 spiro atoms. The van der Waals surface area contributed by atoms with Crippen LogP contribution in [0.1, 0.15) is 36.9 Å². The molecule has 0 saturated carbocycles. The van der Waals surface area contributed by atoms with Crippen LogP contribution in [-0.4, -0.2) is 50.6 Å². The van der Waals surface area contributed by atoms with Crippen LogP contribution in [0.5, 0.6) is 0 Å². The van der Waals surface area contributed by atoms with Crippen LogP contribution in [0.2, 0.25) is 5.02 Å². The summed E-state index contributed by atoms with van der Waals surface area (Å²) >= 11 is 6.14. The van der Waals surface area contributed by atoms with Gasteiger partial charge in [-0.25, -0.2) is 0 Å². The number of likely N-dealkylation sites (tertiary alicyclic amines) is 1. The number of carbonyl (C=O) groups is 1. The van der Waals surface area contributed by atoms with Gasteiger partial charge in [0, 0.05) is 18.1 Å². The van der Waals surface area contributed by atoms with Crippen molar-refractivity contribution in [1.29, 1.82) is 0 Å². The van der Waals surface area contributed by atoms with Crippen LogP contribution in [0.15, 0.2) is 60.7 Å². The fourth-order valence-corrected chi connectivity index (χ4v) is 4.50. The van der Waals surface area contributed by atoms with E-state index < -0.39 is 0 Å². The first-order valence-electron chi connectivity index (χ1n) is 11.0. The molecule has 1 fully saturated rings. The van der Waals surface area contributed by atoms with Gasteiger partial charge in [-0.2, -0.15) is 4.68 Å². The monoisotopic (exact) mass is 448 g/mol. The normalized spacial score (nSPS) is 18.9. The molecule has 2 aliphatic heterocycles. The van der Waals surface area contributed by atoms with Gasteiger partial charge < -0.3 is 4.90 Å². The van der Waals surface area contributed by atoms with E-state index in [2.05, 4.69) is 40.7 Å². The molecule has 0 N–H and O–H groups in total. The number of hydrogen-bond acceptors (Lipinski definition) is 5. The molecule has 3 heterocycles. The molecular weight excluding hydrogens is 424 g/mol. The molecule has 1 atom stereocenters. The molecule has 32 heavy (non-hydrogen) atoms. The second kappa shape index (κ2) is 8.74.